The molecular formula is C14H17ClF3N. The van der Waals surface area contributed by atoms with Crippen LogP contribution in [0.4, 0.5) is 13.2 Å². The summed E-state index contributed by atoms with van der Waals surface area (Å²) in [6.07, 6.45) is -2.07. The van der Waals surface area contributed by atoms with Crippen molar-refractivity contribution in [3.63, 3.8) is 0 Å². The lowest BCUT2D eigenvalue weighted by Gasteiger charge is -2.37. The van der Waals surface area contributed by atoms with E-state index in [0.717, 1.165) is 6.42 Å². The highest BCUT2D eigenvalue weighted by molar-refractivity contribution is 6.31. The molecule has 3 unspecified atom stereocenters. The summed E-state index contributed by atoms with van der Waals surface area (Å²) < 4.78 is 39.2. The maximum atomic E-state index is 13.1. The minimum atomic E-state index is -4.18. The van der Waals surface area contributed by atoms with Gasteiger partial charge in [0.15, 0.2) is 0 Å². The van der Waals surface area contributed by atoms with Crippen LogP contribution in [-0.2, 0) is 0 Å². The first-order chi connectivity index (χ1) is 8.91. The maximum Gasteiger partial charge on any atom is 0.392 e. The highest BCUT2D eigenvalue weighted by atomic mass is 35.5. The summed E-state index contributed by atoms with van der Waals surface area (Å²) in [5.41, 5.74) is 6.69. The van der Waals surface area contributed by atoms with Crippen LogP contribution in [0.2, 0.25) is 5.02 Å². The van der Waals surface area contributed by atoms with Gasteiger partial charge in [-0.1, -0.05) is 42.6 Å². The summed E-state index contributed by atoms with van der Waals surface area (Å²) >= 11 is 6.04. The second kappa shape index (κ2) is 5.71. The van der Waals surface area contributed by atoms with E-state index in [0.29, 0.717) is 23.4 Å². The lowest BCUT2D eigenvalue weighted by Crippen LogP contribution is -2.38. The van der Waals surface area contributed by atoms with E-state index in [1.165, 1.54) is 0 Å². The number of hydrogen-bond donors (Lipinski definition) is 1. The van der Waals surface area contributed by atoms with Crippen molar-refractivity contribution >= 4 is 11.6 Å². The third kappa shape index (κ3) is 3.23. The zero-order valence-corrected chi connectivity index (χ0v) is 11.2. The monoisotopic (exact) mass is 291 g/mol. The number of rotatable bonds is 2. The molecule has 0 aromatic heterocycles. The van der Waals surface area contributed by atoms with E-state index in [4.69, 9.17) is 17.3 Å². The molecule has 1 fully saturated rings. The number of alkyl halides is 3. The Balaban J connectivity index is 2.25. The summed E-state index contributed by atoms with van der Waals surface area (Å²) in [6, 6.07) is 6.24. The maximum absolute atomic E-state index is 13.1. The zero-order valence-electron chi connectivity index (χ0n) is 10.5. The fourth-order valence-electron chi connectivity index (χ4n) is 2.97. The second-order valence-corrected chi connectivity index (χ2v) is 5.55. The molecule has 0 amide bonds. The number of benzene rings is 1. The van der Waals surface area contributed by atoms with Gasteiger partial charge in [-0.15, -0.1) is 0 Å². The Hall–Kier alpha value is -0.740. The first kappa shape index (κ1) is 14.7. The summed E-state index contributed by atoms with van der Waals surface area (Å²) in [6.45, 7) is 0. The standard InChI is InChI=1S/C14H17ClF3N/c15-12-8-4-2-6-10(12)13(19)9-5-1-3-7-11(9)14(16,17)18/h2,4,6,8-9,11,13H,1,3,5,7,19H2. The molecule has 0 heterocycles. The van der Waals surface area contributed by atoms with Gasteiger partial charge in [0.1, 0.15) is 0 Å². The van der Waals surface area contributed by atoms with E-state index in [-0.39, 0.29) is 6.42 Å². The minimum Gasteiger partial charge on any atom is -0.324 e. The Morgan fingerprint density at radius 3 is 2.42 bits per heavy atom. The summed E-state index contributed by atoms with van der Waals surface area (Å²) in [5, 5.41) is 0.446. The van der Waals surface area contributed by atoms with Gasteiger partial charge in [0, 0.05) is 11.1 Å². The van der Waals surface area contributed by atoms with Crippen LogP contribution in [0.25, 0.3) is 0 Å². The third-order valence-electron chi connectivity index (χ3n) is 3.97. The molecule has 1 aliphatic rings. The number of hydrogen-bond acceptors (Lipinski definition) is 1. The smallest absolute Gasteiger partial charge is 0.324 e. The van der Waals surface area contributed by atoms with Crippen molar-refractivity contribution in [3.8, 4) is 0 Å². The van der Waals surface area contributed by atoms with Crippen LogP contribution < -0.4 is 5.73 Å². The number of nitrogens with two attached hydrogens (primary N) is 1. The van der Waals surface area contributed by atoms with Crippen molar-refractivity contribution in [2.45, 2.75) is 37.9 Å². The van der Waals surface area contributed by atoms with Crippen molar-refractivity contribution in [1.29, 1.82) is 0 Å². The summed E-state index contributed by atoms with van der Waals surface area (Å²) in [5.74, 6) is -1.89. The molecule has 19 heavy (non-hydrogen) atoms. The average Bonchev–Trinajstić information content (AvgIpc) is 2.37. The molecule has 1 aromatic carbocycles. The van der Waals surface area contributed by atoms with Crippen LogP contribution in [0.3, 0.4) is 0 Å². The van der Waals surface area contributed by atoms with Crippen LogP contribution in [0, 0.1) is 11.8 Å². The zero-order chi connectivity index (χ0) is 14.0. The molecule has 0 saturated heterocycles. The van der Waals surface area contributed by atoms with E-state index in [1.807, 2.05) is 0 Å². The van der Waals surface area contributed by atoms with Crippen LogP contribution in [0.15, 0.2) is 24.3 Å². The van der Waals surface area contributed by atoms with E-state index in [2.05, 4.69) is 0 Å². The largest absolute Gasteiger partial charge is 0.392 e. The molecule has 0 bridgehead atoms. The van der Waals surface area contributed by atoms with Gasteiger partial charge in [-0.05, 0) is 30.4 Å². The molecule has 106 valence electrons. The van der Waals surface area contributed by atoms with Gasteiger partial charge in [0.05, 0.1) is 5.92 Å². The Kier molecular flexibility index (Phi) is 4.41. The molecular weight excluding hydrogens is 275 g/mol. The quantitative estimate of drug-likeness (QED) is 0.839. The topological polar surface area (TPSA) is 26.0 Å². The van der Waals surface area contributed by atoms with Crippen molar-refractivity contribution in [2.75, 3.05) is 0 Å². The number of halogens is 4. The van der Waals surface area contributed by atoms with Crippen LogP contribution in [0.1, 0.15) is 37.3 Å². The molecule has 1 aliphatic carbocycles. The highest BCUT2D eigenvalue weighted by Crippen LogP contribution is 2.46. The molecule has 0 spiro atoms. The molecule has 1 saturated carbocycles. The normalized spacial score (nSPS) is 26.2. The Labute approximate surface area is 115 Å². The van der Waals surface area contributed by atoms with E-state index >= 15 is 0 Å². The molecule has 0 aliphatic heterocycles. The molecule has 2 rings (SSSR count). The van der Waals surface area contributed by atoms with Gasteiger partial charge >= 0.3 is 6.18 Å². The predicted octanol–water partition coefficient (Wildman–Crippen LogP) is 4.71. The van der Waals surface area contributed by atoms with Crippen LogP contribution >= 0.6 is 11.6 Å². The van der Waals surface area contributed by atoms with Gasteiger partial charge in [0.2, 0.25) is 0 Å². The molecule has 0 radical (unpaired) electrons. The Bertz CT molecular complexity index is 433. The molecule has 5 heteroatoms. The van der Waals surface area contributed by atoms with Gasteiger partial charge in [-0.3, -0.25) is 0 Å². The third-order valence-corrected chi connectivity index (χ3v) is 4.31. The van der Waals surface area contributed by atoms with Crippen molar-refractivity contribution in [3.05, 3.63) is 34.9 Å². The molecule has 2 N–H and O–H groups in total. The minimum absolute atomic E-state index is 0.173. The van der Waals surface area contributed by atoms with Crippen LogP contribution in [-0.4, -0.2) is 6.18 Å². The molecule has 3 atom stereocenters. The Morgan fingerprint density at radius 1 is 1.16 bits per heavy atom. The van der Waals surface area contributed by atoms with Gasteiger partial charge in [-0.25, -0.2) is 0 Å². The van der Waals surface area contributed by atoms with Crippen molar-refractivity contribution < 1.29 is 13.2 Å². The van der Waals surface area contributed by atoms with E-state index in [9.17, 15) is 13.2 Å². The Morgan fingerprint density at radius 2 is 1.79 bits per heavy atom. The van der Waals surface area contributed by atoms with E-state index < -0.39 is 24.1 Å². The first-order valence-corrected chi connectivity index (χ1v) is 6.86. The SMILES string of the molecule is NC(c1ccccc1Cl)C1CCCCC1C(F)(F)F. The highest BCUT2D eigenvalue weighted by Gasteiger charge is 2.47. The first-order valence-electron chi connectivity index (χ1n) is 6.48. The summed E-state index contributed by atoms with van der Waals surface area (Å²) in [7, 11) is 0. The van der Waals surface area contributed by atoms with E-state index in [1.54, 1.807) is 24.3 Å². The summed E-state index contributed by atoms with van der Waals surface area (Å²) in [4.78, 5) is 0. The van der Waals surface area contributed by atoms with Crippen LogP contribution in [0.5, 0.6) is 0 Å². The predicted molar refractivity (Wildman–Crippen MR) is 69.9 cm³/mol. The fraction of sp³-hybridized carbons (Fsp3) is 0.571. The average molecular weight is 292 g/mol. The van der Waals surface area contributed by atoms with Gasteiger partial charge < -0.3 is 5.73 Å². The fourth-order valence-corrected chi connectivity index (χ4v) is 3.23. The second-order valence-electron chi connectivity index (χ2n) is 5.14. The molecule has 1 aromatic rings. The van der Waals surface area contributed by atoms with Crippen molar-refractivity contribution in [2.24, 2.45) is 17.6 Å². The lowest BCUT2D eigenvalue weighted by molar-refractivity contribution is -0.198. The van der Waals surface area contributed by atoms with Crippen molar-refractivity contribution in [1.82, 2.24) is 0 Å². The lowest BCUT2D eigenvalue weighted by atomic mass is 9.73. The van der Waals surface area contributed by atoms with Gasteiger partial charge in [-0.2, -0.15) is 13.2 Å². The molecule has 1 nitrogen and oxygen atoms in total. The van der Waals surface area contributed by atoms with Gasteiger partial charge in [0.25, 0.3) is 0 Å².